The van der Waals surface area contributed by atoms with Crippen molar-refractivity contribution in [3.8, 4) is 17.0 Å². The number of anilines is 1. The molecule has 0 saturated heterocycles. The van der Waals surface area contributed by atoms with Gasteiger partial charge in [0, 0.05) is 16.6 Å². The number of halogens is 1. The Morgan fingerprint density at radius 1 is 1.09 bits per heavy atom. The topological polar surface area (TPSA) is 48.1 Å². The van der Waals surface area contributed by atoms with Gasteiger partial charge in [0.2, 0.25) is 0 Å². The Morgan fingerprint density at radius 2 is 1.86 bits per heavy atom. The summed E-state index contributed by atoms with van der Waals surface area (Å²) in [5.41, 5.74) is 8.97. The second-order valence-electron chi connectivity index (χ2n) is 5.23. The Morgan fingerprint density at radius 3 is 2.59 bits per heavy atom. The van der Waals surface area contributed by atoms with Gasteiger partial charge in [0.25, 0.3) is 0 Å². The number of alkyl halides is 1. The maximum absolute atomic E-state index is 12.7. The fourth-order valence-corrected chi connectivity index (χ4v) is 2.28. The molecule has 0 radical (unpaired) electrons. The third-order valence-electron chi connectivity index (χ3n) is 3.44. The number of nitrogen functional groups attached to an aromatic ring is 1. The SMILES string of the molecule is CC(CF)Oc1cccc2ccc(-c3ccc(N)cc3)nc12. The second kappa shape index (κ2) is 6.02. The van der Waals surface area contributed by atoms with Gasteiger partial charge < -0.3 is 10.5 Å². The zero-order chi connectivity index (χ0) is 15.5. The quantitative estimate of drug-likeness (QED) is 0.733. The Labute approximate surface area is 128 Å². The minimum absolute atomic E-state index is 0.493. The van der Waals surface area contributed by atoms with Crippen LogP contribution >= 0.6 is 0 Å². The summed E-state index contributed by atoms with van der Waals surface area (Å²) in [5.74, 6) is 0.597. The van der Waals surface area contributed by atoms with Crippen LogP contribution in [0.4, 0.5) is 10.1 Å². The van der Waals surface area contributed by atoms with Gasteiger partial charge in [-0.25, -0.2) is 9.37 Å². The van der Waals surface area contributed by atoms with E-state index in [0.29, 0.717) is 11.4 Å². The first-order chi connectivity index (χ1) is 10.7. The van der Waals surface area contributed by atoms with Crippen molar-refractivity contribution in [3.63, 3.8) is 0 Å². The average molecular weight is 296 g/mol. The number of ether oxygens (including phenoxy) is 1. The van der Waals surface area contributed by atoms with Crippen molar-refractivity contribution in [3.05, 3.63) is 54.6 Å². The van der Waals surface area contributed by atoms with E-state index in [1.807, 2.05) is 54.6 Å². The van der Waals surface area contributed by atoms with E-state index in [0.717, 1.165) is 22.2 Å². The molecule has 112 valence electrons. The lowest BCUT2D eigenvalue weighted by molar-refractivity contribution is 0.184. The van der Waals surface area contributed by atoms with Gasteiger partial charge in [-0.2, -0.15) is 0 Å². The molecule has 22 heavy (non-hydrogen) atoms. The molecule has 3 nitrogen and oxygen atoms in total. The number of fused-ring (bicyclic) bond motifs is 1. The normalized spacial score (nSPS) is 12.3. The predicted octanol–water partition coefficient (Wildman–Crippen LogP) is 4.22. The molecule has 0 saturated carbocycles. The van der Waals surface area contributed by atoms with Crippen molar-refractivity contribution in [2.45, 2.75) is 13.0 Å². The number of pyridine rings is 1. The van der Waals surface area contributed by atoms with E-state index < -0.39 is 12.8 Å². The molecule has 1 atom stereocenters. The number of benzene rings is 2. The first-order valence-electron chi connectivity index (χ1n) is 7.15. The maximum Gasteiger partial charge on any atom is 0.146 e. The fraction of sp³-hybridized carbons (Fsp3) is 0.167. The molecule has 4 heteroatoms. The molecule has 0 aliphatic carbocycles. The minimum atomic E-state index is -0.534. The van der Waals surface area contributed by atoms with E-state index in [1.165, 1.54) is 0 Å². The van der Waals surface area contributed by atoms with Gasteiger partial charge in [-0.15, -0.1) is 0 Å². The van der Waals surface area contributed by atoms with Crippen molar-refractivity contribution in [1.29, 1.82) is 0 Å². The summed E-state index contributed by atoms with van der Waals surface area (Å²) in [6.07, 6.45) is -0.493. The summed E-state index contributed by atoms with van der Waals surface area (Å²) in [4.78, 5) is 4.67. The van der Waals surface area contributed by atoms with Crippen LogP contribution in [0.5, 0.6) is 5.75 Å². The van der Waals surface area contributed by atoms with Crippen LogP contribution in [0.15, 0.2) is 54.6 Å². The van der Waals surface area contributed by atoms with Gasteiger partial charge >= 0.3 is 0 Å². The molecule has 3 aromatic rings. The molecule has 0 bridgehead atoms. The highest BCUT2D eigenvalue weighted by molar-refractivity contribution is 5.86. The van der Waals surface area contributed by atoms with Gasteiger partial charge in [0.05, 0.1) is 5.69 Å². The molecule has 3 rings (SSSR count). The fourth-order valence-electron chi connectivity index (χ4n) is 2.28. The van der Waals surface area contributed by atoms with E-state index >= 15 is 0 Å². The summed E-state index contributed by atoms with van der Waals surface area (Å²) < 4.78 is 18.3. The number of hydrogen-bond donors (Lipinski definition) is 1. The number of nitrogens with two attached hydrogens (primary N) is 1. The Kier molecular flexibility index (Phi) is 3.92. The molecule has 2 N–H and O–H groups in total. The number of aromatic nitrogens is 1. The molecule has 0 spiro atoms. The Balaban J connectivity index is 2.07. The van der Waals surface area contributed by atoms with Crippen LogP contribution in [-0.4, -0.2) is 17.8 Å². The molecule has 0 aliphatic rings. The van der Waals surface area contributed by atoms with Crippen LogP contribution in [0, 0.1) is 0 Å². The first kappa shape index (κ1) is 14.3. The summed E-state index contributed by atoms with van der Waals surface area (Å²) in [6, 6.07) is 17.1. The van der Waals surface area contributed by atoms with E-state index in [4.69, 9.17) is 10.5 Å². The summed E-state index contributed by atoms with van der Waals surface area (Å²) in [5, 5.41) is 0.961. The maximum atomic E-state index is 12.7. The van der Waals surface area contributed by atoms with Gasteiger partial charge in [0.1, 0.15) is 24.0 Å². The lowest BCUT2D eigenvalue weighted by Gasteiger charge is -2.13. The van der Waals surface area contributed by atoms with Gasteiger partial charge in [-0.3, -0.25) is 0 Å². The first-order valence-corrected chi connectivity index (χ1v) is 7.15. The molecule has 1 heterocycles. The molecule has 2 aromatic carbocycles. The van der Waals surface area contributed by atoms with Gasteiger partial charge in [-0.05, 0) is 31.2 Å². The van der Waals surface area contributed by atoms with E-state index in [1.54, 1.807) is 6.92 Å². The van der Waals surface area contributed by atoms with Crippen molar-refractivity contribution in [2.75, 3.05) is 12.4 Å². The zero-order valence-corrected chi connectivity index (χ0v) is 12.3. The van der Waals surface area contributed by atoms with Crippen LogP contribution in [0.1, 0.15) is 6.92 Å². The lowest BCUT2D eigenvalue weighted by atomic mass is 10.1. The summed E-state index contributed by atoms with van der Waals surface area (Å²) in [7, 11) is 0. The molecular weight excluding hydrogens is 279 g/mol. The van der Waals surface area contributed by atoms with Crippen molar-refractivity contribution >= 4 is 16.6 Å². The van der Waals surface area contributed by atoms with Gasteiger partial charge in [0.15, 0.2) is 0 Å². The average Bonchev–Trinajstić information content (AvgIpc) is 2.55. The number of para-hydroxylation sites is 1. The number of hydrogen-bond acceptors (Lipinski definition) is 3. The molecule has 1 aromatic heterocycles. The second-order valence-corrected chi connectivity index (χ2v) is 5.23. The Bertz CT molecular complexity index is 787. The summed E-state index contributed by atoms with van der Waals surface area (Å²) >= 11 is 0. The molecule has 1 unspecified atom stereocenters. The van der Waals surface area contributed by atoms with Crippen LogP contribution < -0.4 is 10.5 Å². The van der Waals surface area contributed by atoms with Crippen LogP contribution in [0.3, 0.4) is 0 Å². The van der Waals surface area contributed by atoms with E-state index in [-0.39, 0.29) is 0 Å². The summed E-state index contributed by atoms with van der Waals surface area (Å²) in [6.45, 7) is 1.16. The van der Waals surface area contributed by atoms with Crippen molar-refractivity contribution in [1.82, 2.24) is 4.98 Å². The van der Waals surface area contributed by atoms with E-state index in [2.05, 4.69) is 4.98 Å². The number of rotatable bonds is 4. The standard InChI is InChI=1S/C18H17FN2O/c1-12(11-19)22-17-4-2-3-14-7-10-16(21-18(14)17)13-5-8-15(20)9-6-13/h2-10,12H,11,20H2,1H3. The molecule has 0 aliphatic heterocycles. The molecule has 0 amide bonds. The molecule has 0 fully saturated rings. The highest BCUT2D eigenvalue weighted by Gasteiger charge is 2.09. The smallest absolute Gasteiger partial charge is 0.146 e. The third kappa shape index (κ3) is 2.86. The van der Waals surface area contributed by atoms with Crippen molar-refractivity contribution in [2.24, 2.45) is 0 Å². The lowest BCUT2D eigenvalue weighted by Crippen LogP contribution is -2.14. The number of nitrogens with zero attached hydrogens (tertiary/aromatic N) is 1. The predicted molar refractivity (Wildman–Crippen MR) is 87.7 cm³/mol. The molecular formula is C18H17FN2O. The zero-order valence-electron chi connectivity index (χ0n) is 12.3. The van der Waals surface area contributed by atoms with Crippen molar-refractivity contribution < 1.29 is 9.13 Å². The third-order valence-corrected chi connectivity index (χ3v) is 3.44. The van der Waals surface area contributed by atoms with Crippen LogP contribution in [-0.2, 0) is 0 Å². The monoisotopic (exact) mass is 296 g/mol. The highest BCUT2D eigenvalue weighted by atomic mass is 19.1. The minimum Gasteiger partial charge on any atom is -0.486 e. The highest BCUT2D eigenvalue weighted by Crippen LogP contribution is 2.28. The van der Waals surface area contributed by atoms with Crippen LogP contribution in [0.25, 0.3) is 22.2 Å². The van der Waals surface area contributed by atoms with Gasteiger partial charge in [-0.1, -0.05) is 30.3 Å². The largest absolute Gasteiger partial charge is 0.486 e. The van der Waals surface area contributed by atoms with Crippen LogP contribution in [0.2, 0.25) is 0 Å². The Hall–Kier alpha value is -2.62. The van der Waals surface area contributed by atoms with E-state index in [9.17, 15) is 4.39 Å².